The lowest BCUT2D eigenvalue weighted by atomic mass is 10.2. The van der Waals surface area contributed by atoms with E-state index in [2.05, 4.69) is 4.98 Å². The van der Waals surface area contributed by atoms with Crippen LogP contribution in [0, 0.1) is 13.8 Å². The van der Waals surface area contributed by atoms with Crippen LogP contribution in [0.15, 0.2) is 4.42 Å². The van der Waals surface area contributed by atoms with E-state index >= 15 is 0 Å². The SMILES string of the molecule is Cc1nc(CC[C@H](C)N)oc1C. The van der Waals surface area contributed by atoms with Gasteiger partial charge in [0.15, 0.2) is 5.89 Å². The second-order valence-corrected chi connectivity index (χ2v) is 3.27. The van der Waals surface area contributed by atoms with Crippen molar-refractivity contribution in [2.45, 2.75) is 39.7 Å². The smallest absolute Gasteiger partial charge is 0.194 e. The van der Waals surface area contributed by atoms with Gasteiger partial charge in [-0.1, -0.05) is 0 Å². The molecular formula is C9H16N2O. The fraction of sp³-hybridized carbons (Fsp3) is 0.667. The molecule has 0 aromatic carbocycles. The first kappa shape index (κ1) is 9.26. The van der Waals surface area contributed by atoms with Gasteiger partial charge in [0, 0.05) is 12.5 Å². The van der Waals surface area contributed by atoms with Crippen LogP contribution in [-0.2, 0) is 6.42 Å². The molecular weight excluding hydrogens is 152 g/mol. The second-order valence-electron chi connectivity index (χ2n) is 3.27. The molecule has 0 unspecified atom stereocenters. The maximum atomic E-state index is 5.62. The Balaban J connectivity index is 2.53. The summed E-state index contributed by atoms with van der Waals surface area (Å²) in [7, 11) is 0. The first-order chi connectivity index (χ1) is 5.59. The number of nitrogens with zero attached hydrogens (tertiary/aromatic N) is 1. The number of aryl methyl sites for hydroxylation is 3. The lowest BCUT2D eigenvalue weighted by Crippen LogP contribution is -2.15. The number of hydrogen-bond donors (Lipinski definition) is 1. The van der Waals surface area contributed by atoms with E-state index in [9.17, 15) is 0 Å². The average Bonchev–Trinajstić information content (AvgIpc) is 2.28. The normalized spacial score (nSPS) is 13.3. The maximum Gasteiger partial charge on any atom is 0.194 e. The third-order valence-corrected chi connectivity index (χ3v) is 1.89. The average molecular weight is 168 g/mol. The molecule has 0 radical (unpaired) electrons. The summed E-state index contributed by atoms with van der Waals surface area (Å²) in [6.07, 6.45) is 1.77. The van der Waals surface area contributed by atoms with Gasteiger partial charge in [-0.2, -0.15) is 0 Å². The Bertz CT molecular complexity index is 234. The Hall–Kier alpha value is -0.830. The number of hydrogen-bond acceptors (Lipinski definition) is 3. The van der Waals surface area contributed by atoms with Crippen molar-refractivity contribution in [3.05, 3.63) is 17.3 Å². The zero-order valence-corrected chi connectivity index (χ0v) is 7.92. The minimum atomic E-state index is 0.220. The summed E-state index contributed by atoms with van der Waals surface area (Å²) < 4.78 is 5.40. The van der Waals surface area contributed by atoms with E-state index < -0.39 is 0 Å². The molecule has 68 valence electrons. The van der Waals surface area contributed by atoms with Crippen LogP contribution in [0.2, 0.25) is 0 Å². The highest BCUT2D eigenvalue weighted by molar-refractivity contribution is 5.05. The predicted octanol–water partition coefficient (Wildman–Crippen LogP) is 1.57. The summed E-state index contributed by atoms with van der Waals surface area (Å²) in [4.78, 5) is 4.26. The van der Waals surface area contributed by atoms with Gasteiger partial charge in [-0.25, -0.2) is 4.98 Å². The number of aromatic nitrogens is 1. The zero-order chi connectivity index (χ0) is 9.14. The van der Waals surface area contributed by atoms with Crippen molar-refractivity contribution in [1.82, 2.24) is 4.98 Å². The molecule has 0 aliphatic rings. The molecule has 0 aliphatic carbocycles. The van der Waals surface area contributed by atoms with E-state index in [0.717, 1.165) is 30.2 Å². The lowest BCUT2D eigenvalue weighted by molar-refractivity contribution is 0.456. The van der Waals surface area contributed by atoms with Gasteiger partial charge in [0.25, 0.3) is 0 Å². The molecule has 2 N–H and O–H groups in total. The summed E-state index contributed by atoms with van der Waals surface area (Å²) in [5, 5.41) is 0. The summed E-state index contributed by atoms with van der Waals surface area (Å²) in [5.41, 5.74) is 6.60. The molecule has 0 saturated heterocycles. The Morgan fingerprint density at radius 3 is 2.58 bits per heavy atom. The minimum absolute atomic E-state index is 0.220. The second kappa shape index (κ2) is 3.72. The summed E-state index contributed by atoms with van der Waals surface area (Å²) >= 11 is 0. The van der Waals surface area contributed by atoms with Crippen molar-refractivity contribution < 1.29 is 4.42 Å². The van der Waals surface area contributed by atoms with Crippen LogP contribution < -0.4 is 5.73 Å². The van der Waals surface area contributed by atoms with E-state index in [1.54, 1.807) is 0 Å². The van der Waals surface area contributed by atoms with Crippen LogP contribution in [-0.4, -0.2) is 11.0 Å². The van der Waals surface area contributed by atoms with Gasteiger partial charge >= 0.3 is 0 Å². The van der Waals surface area contributed by atoms with Crippen LogP contribution in [0.5, 0.6) is 0 Å². The molecule has 0 fully saturated rings. The highest BCUT2D eigenvalue weighted by Gasteiger charge is 2.05. The molecule has 0 aliphatic heterocycles. The summed E-state index contributed by atoms with van der Waals surface area (Å²) in [6, 6.07) is 0.220. The van der Waals surface area contributed by atoms with Gasteiger partial charge < -0.3 is 10.2 Å². The first-order valence-corrected chi connectivity index (χ1v) is 4.28. The van der Waals surface area contributed by atoms with Gasteiger partial charge in [-0.3, -0.25) is 0 Å². The molecule has 0 saturated carbocycles. The van der Waals surface area contributed by atoms with Crippen LogP contribution in [0.1, 0.15) is 30.7 Å². The Morgan fingerprint density at radius 1 is 1.50 bits per heavy atom. The number of nitrogens with two attached hydrogens (primary N) is 1. The fourth-order valence-corrected chi connectivity index (χ4v) is 0.997. The van der Waals surface area contributed by atoms with Crippen LogP contribution in [0.4, 0.5) is 0 Å². The standard InChI is InChI=1S/C9H16N2O/c1-6(10)4-5-9-11-7(2)8(3)12-9/h6H,4-5,10H2,1-3H3/t6-/m0/s1. The highest BCUT2D eigenvalue weighted by Crippen LogP contribution is 2.10. The maximum absolute atomic E-state index is 5.62. The Morgan fingerprint density at radius 2 is 2.17 bits per heavy atom. The largest absolute Gasteiger partial charge is 0.446 e. The third-order valence-electron chi connectivity index (χ3n) is 1.89. The van der Waals surface area contributed by atoms with E-state index in [-0.39, 0.29) is 6.04 Å². The monoisotopic (exact) mass is 168 g/mol. The van der Waals surface area contributed by atoms with Gasteiger partial charge in [0.1, 0.15) is 5.76 Å². The molecule has 0 spiro atoms. The van der Waals surface area contributed by atoms with Gasteiger partial charge in [0.2, 0.25) is 0 Å². The number of oxazole rings is 1. The molecule has 1 aromatic heterocycles. The topological polar surface area (TPSA) is 52.0 Å². The van der Waals surface area contributed by atoms with Crippen molar-refractivity contribution in [2.24, 2.45) is 5.73 Å². The van der Waals surface area contributed by atoms with E-state index in [1.807, 2.05) is 20.8 Å². The van der Waals surface area contributed by atoms with Crippen molar-refractivity contribution in [2.75, 3.05) is 0 Å². The van der Waals surface area contributed by atoms with Crippen LogP contribution in [0.25, 0.3) is 0 Å². The molecule has 1 rings (SSSR count). The molecule has 0 amide bonds. The molecule has 1 heterocycles. The molecule has 3 nitrogen and oxygen atoms in total. The van der Waals surface area contributed by atoms with E-state index in [1.165, 1.54) is 0 Å². The van der Waals surface area contributed by atoms with Crippen LogP contribution >= 0.6 is 0 Å². The van der Waals surface area contributed by atoms with Gasteiger partial charge in [-0.05, 0) is 27.2 Å². The first-order valence-electron chi connectivity index (χ1n) is 4.28. The van der Waals surface area contributed by atoms with E-state index in [0.29, 0.717) is 0 Å². The van der Waals surface area contributed by atoms with Crippen molar-refractivity contribution in [3.8, 4) is 0 Å². The minimum Gasteiger partial charge on any atom is -0.446 e. The zero-order valence-electron chi connectivity index (χ0n) is 7.92. The Labute approximate surface area is 73.0 Å². The van der Waals surface area contributed by atoms with Crippen molar-refractivity contribution >= 4 is 0 Å². The van der Waals surface area contributed by atoms with Gasteiger partial charge in [-0.15, -0.1) is 0 Å². The quantitative estimate of drug-likeness (QED) is 0.745. The fourth-order valence-electron chi connectivity index (χ4n) is 0.997. The molecule has 3 heteroatoms. The molecule has 1 atom stereocenters. The Kier molecular flexibility index (Phi) is 2.87. The van der Waals surface area contributed by atoms with Crippen molar-refractivity contribution in [1.29, 1.82) is 0 Å². The number of rotatable bonds is 3. The molecule has 0 bridgehead atoms. The van der Waals surface area contributed by atoms with Gasteiger partial charge in [0.05, 0.1) is 5.69 Å². The lowest BCUT2D eigenvalue weighted by Gasteiger charge is -1.99. The van der Waals surface area contributed by atoms with Crippen molar-refractivity contribution in [3.63, 3.8) is 0 Å². The molecule has 12 heavy (non-hydrogen) atoms. The van der Waals surface area contributed by atoms with E-state index in [4.69, 9.17) is 10.2 Å². The summed E-state index contributed by atoms with van der Waals surface area (Å²) in [5.74, 6) is 1.72. The summed E-state index contributed by atoms with van der Waals surface area (Å²) in [6.45, 7) is 5.87. The predicted molar refractivity (Wildman–Crippen MR) is 47.9 cm³/mol. The van der Waals surface area contributed by atoms with Crippen LogP contribution in [0.3, 0.4) is 0 Å². The highest BCUT2D eigenvalue weighted by atomic mass is 16.4. The molecule has 1 aromatic rings. The third kappa shape index (κ3) is 2.34.